The zero-order valence-corrected chi connectivity index (χ0v) is 7.33. The minimum absolute atomic E-state index is 0.879. The van der Waals surface area contributed by atoms with Crippen molar-refractivity contribution in [3.63, 3.8) is 0 Å². The number of hydrogen-bond donors (Lipinski definition) is 1. The molecule has 0 aromatic carbocycles. The van der Waals surface area contributed by atoms with Gasteiger partial charge in [-0.15, -0.1) is 0 Å². The number of rotatable bonds is 3. The molecular weight excluding hydrogens is 142 g/mol. The predicted octanol–water partition coefficient (Wildman–Crippen LogP) is 1.87. The molecule has 1 rings (SSSR count). The molecule has 10 heavy (non-hydrogen) atoms. The summed E-state index contributed by atoms with van der Waals surface area (Å²) in [4.78, 5) is 0. The summed E-state index contributed by atoms with van der Waals surface area (Å²) in [5, 5.41) is 0. The van der Waals surface area contributed by atoms with Crippen LogP contribution in [0.1, 0.15) is 25.7 Å². The van der Waals surface area contributed by atoms with Crippen molar-refractivity contribution >= 4 is 11.8 Å². The Labute approximate surface area is 67.8 Å². The van der Waals surface area contributed by atoms with E-state index in [9.17, 15) is 0 Å². The Morgan fingerprint density at radius 1 is 1.30 bits per heavy atom. The normalized spacial score (nSPS) is 21.3. The maximum Gasteiger partial charge on any atom is -0.00649 e. The maximum atomic E-state index is 5.44. The average molecular weight is 159 g/mol. The molecule has 1 nitrogen and oxygen atoms in total. The standard InChI is InChI=1S/C8H17NS/c9-5-1-2-8-3-6-10-7-4-8/h8H,1-7,9H2. The summed E-state index contributed by atoms with van der Waals surface area (Å²) in [5.74, 6) is 3.77. The van der Waals surface area contributed by atoms with Gasteiger partial charge in [0.2, 0.25) is 0 Å². The van der Waals surface area contributed by atoms with Crippen LogP contribution in [0.5, 0.6) is 0 Å². The summed E-state index contributed by atoms with van der Waals surface area (Å²) < 4.78 is 0. The fourth-order valence-corrected chi connectivity index (χ4v) is 2.65. The third-order valence-corrected chi connectivity index (χ3v) is 3.21. The molecule has 0 aromatic rings. The lowest BCUT2D eigenvalue weighted by molar-refractivity contribution is 0.442. The molecule has 0 aliphatic carbocycles. The molecule has 1 aliphatic heterocycles. The molecule has 0 unspecified atom stereocenters. The quantitative estimate of drug-likeness (QED) is 0.680. The summed E-state index contributed by atoms with van der Waals surface area (Å²) in [6.45, 7) is 0.879. The largest absolute Gasteiger partial charge is 0.330 e. The van der Waals surface area contributed by atoms with Crippen LogP contribution in [0.3, 0.4) is 0 Å². The van der Waals surface area contributed by atoms with Crippen LogP contribution in [0.25, 0.3) is 0 Å². The molecule has 1 fully saturated rings. The molecule has 1 aliphatic rings. The van der Waals surface area contributed by atoms with Crippen LogP contribution in [0.2, 0.25) is 0 Å². The molecule has 0 radical (unpaired) electrons. The fourth-order valence-electron chi connectivity index (χ4n) is 1.44. The Bertz CT molecular complexity index is 79.3. The molecule has 0 amide bonds. The van der Waals surface area contributed by atoms with Gasteiger partial charge in [0, 0.05) is 0 Å². The molecule has 1 heterocycles. The van der Waals surface area contributed by atoms with Gasteiger partial charge < -0.3 is 5.73 Å². The third-order valence-electron chi connectivity index (χ3n) is 2.16. The van der Waals surface area contributed by atoms with E-state index in [1.807, 2.05) is 0 Å². The van der Waals surface area contributed by atoms with Gasteiger partial charge in [0.05, 0.1) is 0 Å². The van der Waals surface area contributed by atoms with E-state index in [1.165, 1.54) is 37.2 Å². The second-order valence-corrected chi connectivity index (χ2v) is 4.21. The fraction of sp³-hybridized carbons (Fsp3) is 1.00. The number of hydrogen-bond acceptors (Lipinski definition) is 2. The van der Waals surface area contributed by atoms with E-state index in [0.717, 1.165) is 12.5 Å². The molecule has 0 saturated carbocycles. The summed E-state index contributed by atoms with van der Waals surface area (Å²) >= 11 is 2.10. The highest BCUT2D eigenvalue weighted by Crippen LogP contribution is 2.25. The van der Waals surface area contributed by atoms with E-state index in [4.69, 9.17) is 5.73 Å². The van der Waals surface area contributed by atoms with Crippen molar-refractivity contribution in [1.82, 2.24) is 0 Å². The second-order valence-electron chi connectivity index (χ2n) is 2.99. The van der Waals surface area contributed by atoms with E-state index in [1.54, 1.807) is 0 Å². The first-order valence-electron chi connectivity index (χ1n) is 4.21. The van der Waals surface area contributed by atoms with Crippen LogP contribution in [-0.2, 0) is 0 Å². The van der Waals surface area contributed by atoms with Gasteiger partial charge in [0.25, 0.3) is 0 Å². The lowest BCUT2D eigenvalue weighted by Gasteiger charge is -2.20. The van der Waals surface area contributed by atoms with Crippen LogP contribution in [-0.4, -0.2) is 18.1 Å². The van der Waals surface area contributed by atoms with Crippen molar-refractivity contribution in [2.24, 2.45) is 11.7 Å². The molecule has 0 bridgehead atoms. The van der Waals surface area contributed by atoms with E-state index >= 15 is 0 Å². The first-order valence-corrected chi connectivity index (χ1v) is 5.37. The van der Waals surface area contributed by atoms with Crippen molar-refractivity contribution in [2.75, 3.05) is 18.1 Å². The summed E-state index contributed by atoms with van der Waals surface area (Å²) in [6.07, 6.45) is 5.47. The zero-order chi connectivity index (χ0) is 7.23. The van der Waals surface area contributed by atoms with E-state index in [0.29, 0.717) is 0 Å². The molecule has 60 valence electrons. The van der Waals surface area contributed by atoms with Crippen LogP contribution in [0.15, 0.2) is 0 Å². The number of nitrogens with two attached hydrogens (primary N) is 1. The first kappa shape index (κ1) is 8.41. The van der Waals surface area contributed by atoms with Gasteiger partial charge in [0.15, 0.2) is 0 Å². The Kier molecular flexibility index (Phi) is 4.23. The Morgan fingerprint density at radius 3 is 2.60 bits per heavy atom. The monoisotopic (exact) mass is 159 g/mol. The van der Waals surface area contributed by atoms with Gasteiger partial charge in [-0.25, -0.2) is 0 Å². The van der Waals surface area contributed by atoms with Gasteiger partial charge in [-0.05, 0) is 49.7 Å². The topological polar surface area (TPSA) is 26.0 Å². The van der Waals surface area contributed by atoms with E-state index in [2.05, 4.69) is 11.8 Å². The van der Waals surface area contributed by atoms with Gasteiger partial charge in [0.1, 0.15) is 0 Å². The van der Waals surface area contributed by atoms with E-state index in [-0.39, 0.29) is 0 Å². The lowest BCUT2D eigenvalue weighted by Crippen LogP contribution is -2.11. The average Bonchev–Trinajstić information content (AvgIpc) is 2.03. The van der Waals surface area contributed by atoms with Crippen LogP contribution >= 0.6 is 11.8 Å². The lowest BCUT2D eigenvalue weighted by atomic mass is 9.97. The molecule has 1 saturated heterocycles. The highest BCUT2D eigenvalue weighted by Gasteiger charge is 2.11. The van der Waals surface area contributed by atoms with Crippen LogP contribution in [0, 0.1) is 5.92 Å². The minimum Gasteiger partial charge on any atom is -0.330 e. The summed E-state index contributed by atoms with van der Waals surface area (Å²) in [7, 11) is 0. The first-order chi connectivity index (χ1) is 4.93. The molecule has 0 atom stereocenters. The highest BCUT2D eigenvalue weighted by molar-refractivity contribution is 7.99. The third kappa shape index (κ3) is 2.93. The summed E-state index contributed by atoms with van der Waals surface area (Å²) in [5.41, 5.74) is 5.44. The van der Waals surface area contributed by atoms with Gasteiger partial charge >= 0.3 is 0 Å². The van der Waals surface area contributed by atoms with Crippen LogP contribution < -0.4 is 5.73 Å². The highest BCUT2D eigenvalue weighted by atomic mass is 32.2. The molecule has 2 heteroatoms. The minimum atomic E-state index is 0.879. The van der Waals surface area contributed by atoms with Crippen molar-refractivity contribution in [1.29, 1.82) is 0 Å². The van der Waals surface area contributed by atoms with Crippen molar-refractivity contribution in [2.45, 2.75) is 25.7 Å². The zero-order valence-electron chi connectivity index (χ0n) is 6.51. The molecule has 0 aromatic heterocycles. The molecule has 0 spiro atoms. The number of thioether (sulfide) groups is 1. The van der Waals surface area contributed by atoms with Crippen LogP contribution in [0.4, 0.5) is 0 Å². The summed E-state index contributed by atoms with van der Waals surface area (Å²) in [6, 6.07) is 0. The maximum absolute atomic E-state index is 5.44. The van der Waals surface area contributed by atoms with Crippen molar-refractivity contribution in [3.8, 4) is 0 Å². The smallest absolute Gasteiger partial charge is 0.00649 e. The molecular formula is C8H17NS. The second kappa shape index (κ2) is 5.03. The Morgan fingerprint density at radius 2 is 2.00 bits per heavy atom. The van der Waals surface area contributed by atoms with E-state index < -0.39 is 0 Å². The SMILES string of the molecule is NCCCC1CCSCC1. The predicted molar refractivity (Wildman–Crippen MR) is 48.3 cm³/mol. The molecule has 2 N–H and O–H groups in total. The van der Waals surface area contributed by atoms with Gasteiger partial charge in [-0.2, -0.15) is 11.8 Å². The van der Waals surface area contributed by atoms with Gasteiger partial charge in [-0.1, -0.05) is 0 Å². The Hall–Kier alpha value is 0.310. The van der Waals surface area contributed by atoms with Crippen molar-refractivity contribution < 1.29 is 0 Å². The Balaban J connectivity index is 2.02. The van der Waals surface area contributed by atoms with Crippen molar-refractivity contribution in [3.05, 3.63) is 0 Å². The van der Waals surface area contributed by atoms with Gasteiger partial charge in [-0.3, -0.25) is 0 Å².